The van der Waals surface area contributed by atoms with Crippen LogP contribution in [-0.4, -0.2) is 77.3 Å². The lowest BCUT2D eigenvalue weighted by Gasteiger charge is -2.48. The highest BCUT2D eigenvalue weighted by Crippen LogP contribution is 2.52. The van der Waals surface area contributed by atoms with Gasteiger partial charge in [0.05, 0.1) is 24.5 Å². The molecule has 0 heterocycles. The zero-order chi connectivity index (χ0) is 33.0. The molecule has 0 aliphatic heterocycles. The average Bonchev–Trinajstić information content (AvgIpc) is 2.97. The highest BCUT2D eigenvalue weighted by molar-refractivity contribution is 6.31. The molecule has 0 aromatic heterocycles. The maximum absolute atomic E-state index is 14.1. The van der Waals surface area contributed by atoms with Gasteiger partial charge in [0, 0.05) is 49.7 Å². The van der Waals surface area contributed by atoms with Gasteiger partial charge in [-0.2, -0.15) is 0 Å². The third-order valence-electron chi connectivity index (χ3n) is 9.22. The topological polar surface area (TPSA) is 198 Å². The molecule has 3 aliphatic rings. The second-order valence-electron chi connectivity index (χ2n) is 12.1. The van der Waals surface area contributed by atoms with Crippen molar-refractivity contribution >= 4 is 46.5 Å². The summed E-state index contributed by atoms with van der Waals surface area (Å²) >= 11 is 0. The highest BCUT2D eigenvalue weighted by Gasteiger charge is 2.66. The van der Waals surface area contributed by atoms with Crippen LogP contribution in [0.1, 0.15) is 58.9 Å². The number of hydrogen-bond acceptors (Lipinski definition) is 11. The predicted molar refractivity (Wildman–Crippen MR) is 158 cm³/mol. The maximum Gasteiger partial charge on any atom is 0.306 e. The van der Waals surface area contributed by atoms with E-state index in [0.717, 1.165) is 0 Å². The van der Waals surface area contributed by atoms with Gasteiger partial charge in [-0.25, -0.2) is 0 Å². The molecule has 12 nitrogen and oxygen atoms in total. The molecule has 4 N–H and O–H groups in total. The summed E-state index contributed by atoms with van der Waals surface area (Å²) in [5, 5.41) is 23.0. The Morgan fingerprint density at radius 2 is 1.76 bits per heavy atom. The number of nitrogens with two attached hydrogens (primary N) is 1. The Morgan fingerprint density at radius 3 is 2.40 bits per heavy atom. The summed E-state index contributed by atoms with van der Waals surface area (Å²) in [6, 6.07) is 8.02. The van der Waals surface area contributed by atoms with E-state index < -0.39 is 76.5 Å². The number of aromatic hydroxyl groups is 1. The molecule has 2 fully saturated rings. The molecule has 2 unspecified atom stereocenters. The molecule has 0 bridgehead atoms. The van der Waals surface area contributed by atoms with Crippen LogP contribution in [0.5, 0.6) is 5.75 Å². The number of esters is 1. The van der Waals surface area contributed by atoms with Gasteiger partial charge in [0.1, 0.15) is 5.75 Å². The number of rotatable bonds is 8. The third-order valence-corrected chi connectivity index (χ3v) is 9.22. The van der Waals surface area contributed by atoms with Gasteiger partial charge in [0.25, 0.3) is 0 Å². The van der Waals surface area contributed by atoms with Crippen molar-refractivity contribution in [2.45, 2.75) is 44.6 Å². The van der Waals surface area contributed by atoms with Gasteiger partial charge in [0.2, 0.25) is 5.91 Å². The first-order chi connectivity index (χ1) is 21.2. The first kappa shape index (κ1) is 31.7. The Hall–Kier alpha value is -4.71. The van der Waals surface area contributed by atoms with Crippen LogP contribution in [0.3, 0.4) is 0 Å². The molecule has 2 saturated carbocycles. The van der Waals surface area contributed by atoms with Gasteiger partial charge in [-0.1, -0.05) is 18.2 Å². The number of aliphatic hydroxyl groups is 1. The number of carbonyl (C=O) groups is 7. The van der Waals surface area contributed by atoms with Gasteiger partial charge < -0.3 is 25.6 Å². The van der Waals surface area contributed by atoms with E-state index >= 15 is 0 Å². The van der Waals surface area contributed by atoms with Crippen molar-refractivity contribution in [2.75, 3.05) is 25.6 Å². The molecule has 3 aliphatic carbocycles. The van der Waals surface area contributed by atoms with Crippen LogP contribution in [0, 0.1) is 23.7 Å². The van der Waals surface area contributed by atoms with Crippen LogP contribution in [0.2, 0.25) is 0 Å². The molecule has 1 amide bonds. The van der Waals surface area contributed by atoms with Crippen molar-refractivity contribution in [1.82, 2.24) is 0 Å². The summed E-state index contributed by atoms with van der Waals surface area (Å²) in [6.45, 7) is 1.87. The zero-order valence-electron chi connectivity index (χ0n) is 25.1. The molecule has 236 valence electrons. The fourth-order valence-electron chi connectivity index (χ4n) is 7.09. The number of hydrogen-bond donors (Lipinski definition) is 3. The minimum absolute atomic E-state index is 0.00755. The van der Waals surface area contributed by atoms with E-state index in [1.165, 1.54) is 6.07 Å². The largest absolute Gasteiger partial charge is 0.507 e. The zero-order valence-corrected chi connectivity index (χ0v) is 25.1. The van der Waals surface area contributed by atoms with Crippen LogP contribution < -0.4 is 10.6 Å². The fourth-order valence-corrected chi connectivity index (χ4v) is 7.09. The summed E-state index contributed by atoms with van der Waals surface area (Å²) in [5.74, 6) is -11.8. The number of phenolic OH excluding ortho intramolecular Hbond substituents is 1. The normalized spacial score (nSPS) is 25.6. The molecule has 2 aromatic rings. The molecular formula is C33H34N2O10. The highest BCUT2D eigenvalue weighted by atomic mass is 16.5. The van der Waals surface area contributed by atoms with Gasteiger partial charge in [0.15, 0.2) is 40.4 Å². The lowest BCUT2D eigenvalue weighted by Crippen LogP contribution is -2.68. The van der Waals surface area contributed by atoms with Crippen LogP contribution in [0.15, 0.2) is 30.3 Å². The number of ether oxygens (including phenoxy) is 1. The maximum atomic E-state index is 14.1. The molecule has 5 atom stereocenters. The van der Waals surface area contributed by atoms with E-state index in [0.29, 0.717) is 16.8 Å². The number of nitrogens with zero attached hydrogens (tertiary/aromatic N) is 1. The molecule has 5 rings (SSSR count). The van der Waals surface area contributed by atoms with Gasteiger partial charge in [-0.3, -0.25) is 33.6 Å². The van der Waals surface area contributed by atoms with Crippen molar-refractivity contribution in [2.24, 2.45) is 29.4 Å². The van der Waals surface area contributed by atoms with E-state index in [1.54, 1.807) is 50.2 Å². The van der Waals surface area contributed by atoms with E-state index in [9.17, 15) is 43.8 Å². The molecule has 12 heteroatoms. The number of anilines is 1. The van der Waals surface area contributed by atoms with E-state index in [-0.39, 0.29) is 54.8 Å². The first-order valence-electron chi connectivity index (χ1n) is 14.7. The van der Waals surface area contributed by atoms with Crippen LogP contribution >= 0.6 is 0 Å². The summed E-state index contributed by atoms with van der Waals surface area (Å²) in [7, 11) is 3.49. The number of amides is 1. The Kier molecular flexibility index (Phi) is 8.21. The monoisotopic (exact) mass is 618 g/mol. The Balaban J connectivity index is 1.56. The number of carbonyl (C=O) groups excluding carboxylic acids is 7. The average molecular weight is 619 g/mol. The molecular weight excluding hydrogens is 584 g/mol. The predicted octanol–water partition coefficient (Wildman–Crippen LogP) is 1.59. The summed E-state index contributed by atoms with van der Waals surface area (Å²) in [4.78, 5) is 92.1. The Bertz CT molecular complexity index is 1680. The number of benzene rings is 2. The minimum atomic E-state index is -2.74. The van der Waals surface area contributed by atoms with E-state index in [4.69, 9.17) is 10.5 Å². The molecule has 0 radical (unpaired) electrons. The Morgan fingerprint density at radius 1 is 1.04 bits per heavy atom. The third kappa shape index (κ3) is 5.12. The lowest BCUT2D eigenvalue weighted by atomic mass is 9.53. The van der Waals surface area contributed by atoms with Crippen molar-refractivity contribution in [3.05, 3.63) is 47.0 Å². The summed E-state index contributed by atoms with van der Waals surface area (Å²) < 4.78 is 4.89. The van der Waals surface area contributed by atoms with Gasteiger partial charge >= 0.3 is 5.97 Å². The van der Waals surface area contributed by atoms with Gasteiger partial charge in [-0.05, 0) is 48.9 Å². The minimum Gasteiger partial charge on any atom is -0.507 e. The number of fused-ring (bicyclic) bond motifs is 3. The van der Waals surface area contributed by atoms with E-state index in [1.807, 2.05) is 0 Å². The van der Waals surface area contributed by atoms with E-state index in [2.05, 4.69) is 0 Å². The second-order valence-corrected chi connectivity index (χ2v) is 12.1. The lowest BCUT2D eigenvalue weighted by molar-refractivity contribution is -0.175. The van der Waals surface area contributed by atoms with Crippen LogP contribution in [0.25, 0.3) is 11.1 Å². The number of Topliss-reactive ketones (excluding diaryl/α,β-unsaturated/α-hetero) is 5. The molecule has 0 saturated heterocycles. The number of ketones is 5. The quantitative estimate of drug-likeness (QED) is 0.221. The molecule has 2 aromatic carbocycles. The number of primary amides is 1. The smallest absolute Gasteiger partial charge is 0.306 e. The van der Waals surface area contributed by atoms with Crippen molar-refractivity contribution in [3.8, 4) is 16.9 Å². The standard InChI is InChI=1S/C33H34N2O10/c1-4-45-24(38)9-8-22(36)16-7-5-6-15(10-16)19-14-21(35(2)3)20-12-17-11-18-13-23(37)27(32(34)43)31(42)33(18,44)30(41)25(17)29(40)26(20)28(19)39/h5-7,10,14,17-18,25,27,39,44H,4,8-9,11-13H2,1-3H3,(H2,34,43)/t17-,18+,25?,27?,33+/m1/s1. The summed E-state index contributed by atoms with van der Waals surface area (Å²) in [5.41, 5.74) is 4.29. The SMILES string of the molecule is CCOC(=O)CCC(=O)c1cccc(-c2cc(N(C)C)c3c(c2O)C(=O)C2C(=O)[C@]4(O)C(=O)C(C(N)=O)C(=O)C[C@@H]4C[C@@H]2C3)c1. The van der Waals surface area contributed by atoms with Crippen molar-refractivity contribution in [1.29, 1.82) is 0 Å². The van der Waals surface area contributed by atoms with Crippen molar-refractivity contribution < 1.29 is 48.5 Å². The summed E-state index contributed by atoms with van der Waals surface area (Å²) in [6.07, 6.45) is -0.464. The van der Waals surface area contributed by atoms with Gasteiger partial charge in [-0.15, -0.1) is 0 Å². The Labute approximate surface area is 258 Å². The first-order valence-corrected chi connectivity index (χ1v) is 14.7. The van der Waals surface area contributed by atoms with Crippen molar-refractivity contribution in [3.63, 3.8) is 0 Å². The second kappa shape index (κ2) is 11.7. The van der Waals surface area contributed by atoms with Crippen LogP contribution in [0.4, 0.5) is 5.69 Å². The fraction of sp³-hybridized carbons (Fsp3) is 0.424. The number of phenols is 1. The molecule has 45 heavy (non-hydrogen) atoms. The van der Waals surface area contributed by atoms with Crippen LogP contribution in [-0.2, 0) is 35.1 Å². The molecule has 0 spiro atoms.